The summed E-state index contributed by atoms with van der Waals surface area (Å²) < 4.78 is 18.3. The van der Waals surface area contributed by atoms with E-state index in [1.807, 2.05) is 49.4 Å². The fourth-order valence-corrected chi connectivity index (χ4v) is 5.44. The number of amides is 2. The second-order valence-corrected chi connectivity index (χ2v) is 10.8. The molecule has 3 aromatic rings. The number of hydrogen-bond donors (Lipinski definition) is 0. The molecule has 0 aliphatic carbocycles. The fraction of sp³-hybridized carbons (Fsp3) is 0.185. The number of hydrogen-bond acceptors (Lipinski definition) is 6. The summed E-state index contributed by atoms with van der Waals surface area (Å²) in [5.74, 6) is 1.46. The third kappa shape index (κ3) is 7.13. The molecule has 1 aliphatic heterocycles. The van der Waals surface area contributed by atoms with E-state index in [1.54, 1.807) is 24.3 Å². The zero-order valence-electron chi connectivity index (χ0n) is 19.7. The van der Waals surface area contributed by atoms with Crippen molar-refractivity contribution in [2.45, 2.75) is 13.5 Å². The van der Waals surface area contributed by atoms with Crippen molar-refractivity contribution in [2.75, 3.05) is 19.8 Å². The van der Waals surface area contributed by atoms with Gasteiger partial charge in [-0.15, -0.1) is 0 Å². The van der Waals surface area contributed by atoms with Gasteiger partial charge in [-0.3, -0.25) is 14.5 Å². The normalized spacial score (nSPS) is 14.4. The lowest BCUT2D eigenvalue weighted by atomic mass is 10.1. The van der Waals surface area contributed by atoms with Gasteiger partial charge in [0.1, 0.15) is 19.0 Å². The summed E-state index contributed by atoms with van der Waals surface area (Å²) in [5, 5.41) is 0.611. The molecule has 0 unspecified atom stereocenters. The highest BCUT2D eigenvalue weighted by Crippen LogP contribution is 2.38. The van der Waals surface area contributed by atoms with Crippen LogP contribution in [-0.2, 0) is 11.4 Å². The van der Waals surface area contributed by atoms with Gasteiger partial charge in [0.15, 0.2) is 11.5 Å². The van der Waals surface area contributed by atoms with Gasteiger partial charge in [0.25, 0.3) is 11.1 Å². The first kappa shape index (κ1) is 27.6. The van der Waals surface area contributed by atoms with Crippen molar-refractivity contribution in [3.63, 3.8) is 0 Å². The van der Waals surface area contributed by atoms with Crippen LogP contribution in [0.25, 0.3) is 6.08 Å². The number of benzene rings is 3. The van der Waals surface area contributed by atoms with E-state index in [0.29, 0.717) is 38.8 Å². The highest BCUT2D eigenvalue weighted by atomic mass is 127. The predicted octanol–water partition coefficient (Wildman–Crippen LogP) is 7.69. The van der Waals surface area contributed by atoms with Crippen molar-refractivity contribution < 1.29 is 23.8 Å². The van der Waals surface area contributed by atoms with Gasteiger partial charge < -0.3 is 14.2 Å². The zero-order chi connectivity index (χ0) is 26.4. The molecule has 0 spiro atoms. The van der Waals surface area contributed by atoms with E-state index >= 15 is 0 Å². The van der Waals surface area contributed by atoms with Crippen LogP contribution in [0.4, 0.5) is 4.79 Å². The first-order valence-corrected chi connectivity index (χ1v) is 14.0. The highest BCUT2D eigenvalue weighted by molar-refractivity contribution is 14.1. The van der Waals surface area contributed by atoms with E-state index in [0.717, 1.165) is 26.5 Å². The molecule has 192 valence electrons. The Labute approximate surface area is 243 Å². The molecule has 0 radical (unpaired) electrons. The number of rotatable bonds is 10. The van der Waals surface area contributed by atoms with Crippen LogP contribution in [0.15, 0.2) is 65.6 Å². The summed E-state index contributed by atoms with van der Waals surface area (Å²) >= 11 is 15.2. The van der Waals surface area contributed by atoms with Crippen LogP contribution in [0, 0.1) is 3.57 Å². The van der Waals surface area contributed by atoms with Crippen molar-refractivity contribution in [1.82, 2.24) is 4.90 Å². The molecule has 10 heteroatoms. The lowest BCUT2D eigenvalue weighted by Gasteiger charge is -2.15. The first-order valence-electron chi connectivity index (χ1n) is 11.3. The minimum atomic E-state index is -0.348. The smallest absolute Gasteiger partial charge is 0.293 e. The van der Waals surface area contributed by atoms with Crippen molar-refractivity contribution in [3.8, 4) is 17.2 Å². The minimum absolute atomic E-state index is 0.167. The Kier molecular flexibility index (Phi) is 9.64. The molecule has 0 N–H and O–H groups in total. The van der Waals surface area contributed by atoms with Crippen molar-refractivity contribution in [1.29, 1.82) is 0 Å². The van der Waals surface area contributed by atoms with Gasteiger partial charge in [-0.25, -0.2) is 0 Å². The maximum atomic E-state index is 12.9. The Bertz CT molecular complexity index is 1340. The molecular weight excluding hydrogens is 648 g/mol. The molecule has 1 heterocycles. The van der Waals surface area contributed by atoms with Crippen LogP contribution in [0.2, 0.25) is 10.0 Å². The maximum absolute atomic E-state index is 12.9. The van der Waals surface area contributed by atoms with E-state index in [4.69, 9.17) is 37.4 Å². The third-order valence-corrected chi connectivity index (χ3v) is 7.64. The van der Waals surface area contributed by atoms with Gasteiger partial charge in [0.05, 0.1) is 31.7 Å². The standard InChI is InChI=1S/C27H22Cl2INO5S/c1-2-34-23-14-18(13-22(30)25(23)36-16-17-8-9-20(28)21(29)12-17)15-24-26(32)31(27(33)37-24)10-11-35-19-6-4-3-5-7-19/h3-9,12-15H,2,10-11,16H2,1H3/b24-15-. The molecule has 0 saturated carbocycles. The highest BCUT2D eigenvalue weighted by Gasteiger charge is 2.35. The number of ether oxygens (including phenoxy) is 3. The molecule has 0 bridgehead atoms. The maximum Gasteiger partial charge on any atom is 0.293 e. The Balaban J connectivity index is 1.47. The van der Waals surface area contributed by atoms with E-state index in [1.165, 1.54) is 4.90 Å². The van der Waals surface area contributed by atoms with Crippen LogP contribution in [0.1, 0.15) is 18.1 Å². The van der Waals surface area contributed by atoms with Crippen molar-refractivity contribution in [2.24, 2.45) is 0 Å². The molecule has 2 amide bonds. The number of nitrogens with zero attached hydrogens (tertiary/aromatic N) is 1. The van der Waals surface area contributed by atoms with Crippen LogP contribution in [0.5, 0.6) is 17.2 Å². The third-order valence-electron chi connectivity index (χ3n) is 5.20. The van der Waals surface area contributed by atoms with E-state index in [-0.39, 0.29) is 30.9 Å². The van der Waals surface area contributed by atoms with Crippen LogP contribution in [0.3, 0.4) is 0 Å². The Morgan fingerprint density at radius 3 is 2.49 bits per heavy atom. The largest absolute Gasteiger partial charge is 0.492 e. The molecule has 1 aliphatic rings. The van der Waals surface area contributed by atoms with Crippen LogP contribution < -0.4 is 14.2 Å². The summed E-state index contributed by atoms with van der Waals surface area (Å²) in [5.41, 5.74) is 1.59. The number of para-hydroxylation sites is 1. The van der Waals surface area contributed by atoms with Gasteiger partial charge >= 0.3 is 0 Å². The zero-order valence-corrected chi connectivity index (χ0v) is 24.2. The molecule has 1 fully saturated rings. The molecule has 1 saturated heterocycles. The Hall–Kier alpha value is -2.40. The number of halogens is 3. The number of carbonyl (C=O) groups excluding carboxylic acids is 2. The molecule has 0 atom stereocenters. The van der Waals surface area contributed by atoms with Gasteiger partial charge in [0.2, 0.25) is 0 Å². The lowest BCUT2D eigenvalue weighted by Crippen LogP contribution is -2.32. The van der Waals surface area contributed by atoms with Gasteiger partial charge in [-0.2, -0.15) is 0 Å². The van der Waals surface area contributed by atoms with Crippen LogP contribution in [-0.4, -0.2) is 35.8 Å². The quantitative estimate of drug-likeness (QED) is 0.163. The Morgan fingerprint density at radius 2 is 1.76 bits per heavy atom. The number of carbonyl (C=O) groups is 2. The van der Waals surface area contributed by atoms with Gasteiger partial charge in [-0.1, -0.05) is 47.5 Å². The molecule has 0 aromatic heterocycles. The second kappa shape index (κ2) is 12.9. The molecule has 4 rings (SSSR count). The second-order valence-electron chi connectivity index (χ2n) is 7.79. The first-order chi connectivity index (χ1) is 17.9. The van der Waals surface area contributed by atoms with Gasteiger partial charge in [-0.05, 0) is 94.9 Å². The van der Waals surface area contributed by atoms with Crippen LogP contribution >= 0.6 is 57.6 Å². The molecule has 6 nitrogen and oxygen atoms in total. The number of imide groups is 1. The Morgan fingerprint density at radius 1 is 0.973 bits per heavy atom. The van der Waals surface area contributed by atoms with E-state index in [2.05, 4.69) is 22.6 Å². The average Bonchev–Trinajstić information content (AvgIpc) is 3.13. The predicted molar refractivity (Wildman–Crippen MR) is 156 cm³/mol. The average molecular weight is 670 g/mol. The molecule has 3 aromatic carbocycles. The molecular formula is C27H22Cl2INO5S. The SMILES string of the molecule is CCOc1cc(/C=C2\SC(=O)N(CCOc3ccccc3)C2=O)cc(I)c1OCc1ccc(Cl)c(Cl)c1. The summed E-state index contributed by atoms with van der Waals surface area (Å²) in [4.78, 5) is 26.9. The lowest BCUT2D eigenvalue weighted by molar-refractivity contribution is -0.123. The minimum Gasteiger partial charge on any atom is -0.492 e. The van der Waals surface area contributed by atoms with Crippen molar-refractivity contribution >= 4 is 74.8 Å². The fourth-order valence-electron chi connectivity index (χ4n) is 3.47. The van der Waals surface area contributed by atoms with Gasteiger partial charge in [0, 0.05) is 0 Å². The van der Waals surface area contributed by atoms with E-state index < -0.39 is 0 Å². The topological polar surface area (TPSA) is 65.1 Å². The summed E-state index contributed by atoms with van der Waals surface area (Å²) in [6.45, 7) is 2.97. The van der Waals surface area contributed by atoms with Crippen molar-refractivity contribution in [3.05, 3.63) is 90.3 Å². The van der Waals surface area contributed by atoms with E-state index in [9.17, 15) is 9.59 Å². The summed E-state index contributed by atoms with van der Waals surface area (Å²) in [7, 11) is 0. The number of thioether (sulfide) groups is 1. The summed E-state index contributed by atoms with van der Waals surface area (Å²) in [6.07, 6.45) is 1.69. The monoisotopic (exact) mass is 669 g/mol. The summed E-state index contributed by atoms with van der Waals surface area (Å²) in [6, 6.07) is 18.2. The molecule has 37 heavy (non-hydrogen) atoms.